The Hall–Kier alpha value is -0.430. The molecule has 3 nitrogen and oxygen atoms in total. The van der Waals surface area contributed by atoms with Gasteiger partial charge in [-0.3, -0.25) is 0 Å². The molecule has 1 aromatic carbocycles. The monoisotopic (exact) mass is 375 g/mol. The summed E-state index contributed by atoms with van der Waals surface area (Å²) in [6.07, 6.45) is 5.86. The Morgan fingerprint density at radius 2 is 2.17 bits per heavy atom. The third kappa shape index (κ3) is 3.32. The normalized spacial score (nSPS) is 11.2. The Morgan fingerprint density at radius 1 is 1.33 bits per heavy atom. The lowest BCUT2D eigenvalue weighted by Gasteiger charge is -2.06. The predicted octanol–water partition coefficient (Wildman–Crippen LogP) is 3.76. The number of aryl methyl sites for hydroxylation is 1. The third-order valence-corrected chi connectivity index (χ3v) is 4.34. The molecule has 98 valence electrons. The van der Waals surface area contributed by atoms with Crippen molar-refractivity contribution in [2.24, 2.45) is 0 Å². The number of halogens is 1. The first-order chi connectivity index (χ1) is 8.72. The first kappa shape index (κ1) is 14.0. The first-order valence-corrected chi connectivity index (χ1v) is 8.60. The number of fused-ring (bicyclic) bond motifs is 1. The topological polar surface area (TPSA) is 43.8 Å². The van der Waals surface area contributed by atoms with Crippen molar-refractivity contribution >= 4 is 51.3 Å². The van der Waals surface area contributed by atoms with Gasteiger partial charge in [0.1, 0.15) is 0 Å². The lowest BCUT2D eigenvalue weighted by atomic mass is 10.2. The van der Waals surface area contributed by atoms with Crippen molar-refractivity contribution in [2.45, 2.75) is 25.8 Å². The Bertz CT molecular complexity index is 524. The lowest BCUT2D eigenvalue weighted by Crippen LogP contribution is -2.03. The van der Waals surface area contributed by atoms with Crippen LogP contribution in [0.5, 0.6) is 0 Å². The average Bonchev–Trinajstić information content (AvgIpc) is 2.64. The van der Waals surface area contributed by atoms with Crippen LogP contribution in [0.15, 0.2) is 18.2 Å². The molecule has 0 spiro atoms. The molecule has 2 rings (SSSR count). The van der Waals surface area contributed by atoms with Crippen molar-refractivity contribution < 1.29 is 0 Å². The zero-order chi connectivity index (χ0) is 13.0. The minimum absolute atomic E-state index is 0.636. The van der Waals surface area contributed by atoms with Crippen molar-refractivity contribution in [3.05, 3.63) is 21.8 Å². The van der Waals surface area contributed by atoms with Gasteiger partial charge in [-0.15, -0.1) is 0 Å². The second kappa shape index (κ2) is 6.65. The first-order valence-electron chi connectivity index (χ1n) is 6.12. The van der Waals surface area contributed by atoms with Gasteiger partial charge in [-0.25, -0.2) is 4.98 Å². The van der Waals surface area contributed by atoms with E-state index < -0.39 is 0 Å². The van der Waals surface area contributed by atoms with Crippen LogP contribution in [0.2, 0.25) is 0 Å². The van der Waals surface area contributed by atoms with Gasteiger partial charge in [0, 0.05) is 10.1 Å². The van der Waals surface area contributed by atoms with Crippen molar-refractivity contribution in [1.29, 1.82) is 0 Å². The standard InChI is InChI=1S/C13H18IN3S/c1-18-8-4-2-3-7-17-12-6-5-10(14)9-11(12)16-13(17)15/h5-6,9H,2-4,7-8H2,1H3,(H2,15,16). The molecule has 0 aliphatic rings. The van der Waals surface area contributed by atoms with Crippen LogP contribution in [0, 0.1) is 3.57 Å². The molecule has 0 radical (unpaired) electrons. The van der Waals surface area contributed by atoms with Gasteiger partial charge in [-0.2, -0.15) is 11.8 Å². The molecule has 0 amide bonds. The molecule has 0 aliphatic carbocycles. The lowest BCUT2D eigenvalue weighted by molar-refractivity contribution is 0.621. The van der Waals surface area contributed by atoms with E-state index in [1.54, 1.807) is 0 Å². The number of nitrogen functional groups attached to an aromatic ring is 1. The molecule has 0 fully saturated rings. The number of aromatic nitrogens is 2. The summed E-state index contributed by atoms with van der Waals surface area (Å²) in [6.45, 7) is 0.970. The summed E-state index contributed by atoms with van der Waals surface area (Å²) < 4.78 is 3.33. The smallest absolute Gasteiger partial charge is 0.201 e. The molecule has 2 aromatic rings. The van der Waals surface area contributed by atoms with E-state index in [0.29, 0.717) is 5.95 Å². The quantitative estimate of drug-likeness (QED) is 0.618. The number of benzene rings is 1. The summed E-state index contributed by atoms with van der Waals surface area (Å²) in [5, 5.41) is 0. The van der Waals surface area contributed by atoms with E-state index in [4.69, 9.17) is 5.73 Å². The summed E-state index contributed by atoms with van der Waals surface area (Å²) in [5.41, 5.74) is 8.14. The highest BCUT2D eigenvalue weighted by atomic mass is 127. The molecule has 1 aromatic heterocycles. The Kier molecular flexibility index (Phi) is 5.17. The van der Waals surface area contributed by atoms with E-state index >= 15 is 0 Å². The highest BCUT2D eigenvalue weighted by Crippen LogP contribution is 2.21. The maximum atomic E-state index is 5.99. The van der Waals surface area contributed by atoms with E-state index in [9.17, 15) is 0 Å². The number of hydrogen-bond acceptors (Lipinski definition) is 3. The zero-order valence-corrected chi connectivity index (χ0v) is 13.5. The van der Waals surface area contributed by atoms with Crippen LogP contribution in [0.3, 0.4) is 0 Å². The van der Waals surface area contributed by atoms with Crippen molar-refractivity contribution in [2.75, 3.05) is 17.7 Å². The highest BCUT2D eigenvalue weighted by molar-refractivity contribution is 14.1. The van der Waals surface area contributed by atoms with E-state index in [2.05, 4.69) is 56.6 Å². The molecule has 0 bridgehead atoms. The van der Waals surface area contributed by atoms with Gasteiger partial charge >= 0.3 is 0 Å². The summed E-state index contributed by atoms with van der Waals surface area (Å²) in [4.78, 5) is 4.42. The van der Waals surface area contributed by atoms with Crippen LogP contribution < -0.4 is 5.73 Å². The van der Waals surface area contributed by atoms with Gasteiger partial charge in [-0.1, -0.05) is 6.42 Å². The number of anilines is 1. The number of imidazole rings is 1. The van der Waals surface area contributed by atoms with Gasteiger partial charge in [0.2, 0.25) is 5.95 Å². The van der Waals surface area contributed by atoms with Gasteiger partial charge in [-0.05, 0) is 65.6 Å². The predicted molar refractivity (Wildman–Crippen MR) is 89.1 cm³/mol. The van der Waals surface area contributed by atoms with Crippen LogP contribution >= 0.6 is 34.4 Å². The van der Waals surface area contributed by atoms with Crippen LogP contribution in [0.4, 0.5) is 5.95 Å². The summed E-state index contributed by atoms with van der Waals surface area (Å²) in [7, 11) is 0. The Labute approximate surface area is 126 Å². The number of nitrogens with two attached hydrogens (primary N) is 1. The number of rotatable bonds is 6. The van der Waals surface area contributed by atoms with Gasteiger partial charge in [0.15, 0.2) is 0 Å². The number of unbranched alkanes of at least 4 members (excludes halogenated alkanes) is 2. The molecule has 0 saturated carbocycles. The van der Waals surface area contributed by atoms with Crippen molar-refractivity contribution in [1.82, 2.24) is 9.55 Å². The van der Waals surface area contributed by atoms with Gasteiger partial charge in [0.05, 0.1) is 11.0 Å². The van der Waals surface area contributed by atoms with Crippen LogP contribution in [0.1, 0.15) is 19.3 Å². The third-order valence-electron chi connectivity index (χ3n) is 2.97. The second-order valence-corrected chi connectivity index (χ2v) is 6.54. The Morgan fingerprint density at radius 3 is 2.94 bits per heavy atom. The van der Waals surface area contributed by atoms with Crippen LogP contribution in [0.25, 0.3) is 11.0 Å². The van der Waals surface area contributed by atoms with Gasteiger partial charge < -0.3 is 10.3 Å². The van der Waals surface area contributed by atoms with E-state index in [-0.39, 0.29) is 0 Å². The van der Waals surface area contributed by atoms with Gasteiger partial charge in [0.25, 0.3) is 0 Å². The molecular weight excluding hydrogens is 357 g/mol. The Balaban J connectivity index is 2.05. The highest BCUT2D eigenvalue weighted by Gasteiger charge is 2.07. The molecule has 18 heavy (non-hydrogen) atoms. The van der Waals surface area contributed by atoms with Crippen LogP contribution in [-0.2, 0) is 6.54 Å². The van der Waals surface area contributed by atoms with Crippen molar-refractivity contribution in [3.63, 3.8) is 0 Å². The van der Waals surface area contributed by atoms with E-state index in [1.807, 2.05) is 11.8 Å². The summed E-state index contributed by atoms with van der Waals surface area (Å²) >= 11 is 4.21. The molecule has 0 aliphatic heterocycles. The molecule has 5 heteroatoms. The average molecular weight is 375 g/mol. The number of hydrogen-bond donors (Lipinski definition) is 1. The van der Waals surface area contributed by atoms with Crippen molar-refractivity contribution in [3.8, 4) is 0 Å². The SMILES string of the molecule is CSCCCCCn1c(N)nc2cc(I)ccc21. The largest absolute Gasteiger partial charge is 0.369 e. The molecule has 2 N–H and O–H groups in total. The fourth-order valence-corrected chi connectivity index (χ4v) is 3.02. The fraction of sp³-hybridized carbons (Fsp3) is 0.462. The number of nitrogens with zero attached hydrogens (tertiary/aromatic N) is 2. The van der Waals surface area contributed by atoms with E-state index in [0.717, 1.165) is 17.6 Å². The fourth-order valence-electron chi connectivity index (χ4n) is 2.05. The molecule has 0 atom stereocenters. The number of thioether (sulfide) groups is 1. The molecule has 0 unspecified atom stereocenters. The molecule has 1 heterocycles. The minimum atomic E-state index is 0.636. The van der Waals surface area contributed by atoms with E-state index in [1.165, 1.54) is 28.6 Å². The minimum Gasteiger partial charge on any atom is -0.369 e. The zero-order valence-electron chi connectivity index (χ0n) is 10.5. The maximum Gasteiger partial charge on any atom is 0.201 e. The summed E-state index contributed by atoms with van der Waals surface area (Å²) in [5.74, 6) is 1.88. The van der Waals surface area contributed by atoms with Crippen LogP contribution in [-0.4, -0.2) is 21.6 Å². The second-order valence-electron chi connectivity index (χ2n) is 4.31. The molecule has 0 saturated heterocycles. The maximum absolute atomic E-state index is 5.99. The molecular formula is C13H18IN3S. The summed E-state index contributed by atoms with van der Waals surface area (Å²) in [6, 6.07) is 6.30.